The molecule has 0 atom stereocenters. The Hall–Kier alpha value is -1.51. The molecule has 0 aliphatic heterocycles. The smallest absolute Gasteiger partial charge is 0.305 e. The van der Waals surface area contributed by atoms with Gasteiger partial charge in [-0.25, -0.2) is 0 Å². The Labute approximate surface area is 115 Å². The molecule has 0 saturated carbocycles. The molecule has 1 rings (SSSR count). The molecular formula is C16H24O3. The summed E-state index contributed by atoms with van der Waals surface area (Å²) in [5.74, 6) is 0.769. The molecule has 19 heavy (non-hydrogen) atoms. The van der Waals surface area contributed by atoms with Gasteiger partial charge in [-0.15, -0.1) is 0 Å². The molecule has 0 radical (unpaired) electrons. The van der Waals surface area contributed by atoms with Crippen LogP contribution in [0.5, 0.6) is 5.75 Å². The molecule has 106 valence electrons. The molecule has 0 fully saturated rings. The van der Waals surface area contributed by atoms with Gasteiger partial charge in [0, 0.05) is 6.42 Å². The van der Waals surface area contributed by atoms with E-state index in [0.29, 0.717) is 13.0 Å². The molecule has 0 bridgehead atoms. The van der Waals surface area contributed by atoms with Gasteiger partial charge < -0.3 is 9.47 Å². The Morgan fingerprint density at radius 2 is 2.00 bits per heavy atom. The second-order valence-electron chi connectivity index (χ2n) is 5.37. The summed E-state index contributed by atoms with van der Waals surface area (Å²) < 4.78 is 10.2. The van der Waals surface area contributed by atoms with Crippen molar-refractivity contribution in [3.05, 3.63) is 29.3 Å². The third-order valence-corrected chi connectivity index (χ3v) is 3.44. The molecule has 3 nitrogen and oxygen atoms in total. The summed E-state index contributed by atoms with van der Waals surface area (Å²) in [5.41, 5.74) is 2.28. The Morgan fingerprint density at radius 3 is 2.53 bits per heavy atom. The summed E-state index contributed by atoms with van der Waals surface area (Å²) in [4.78, 5) is 11.4. The van der Waals surface area contributed by atoms with Crippen LogP contribution in [0.3, 0.4) is 0 Å². The zero-order valence-electron chi connectivity index (χ0n) is 12.6. The van der Waals surface area contributed by atoms with Crippen LogP contribution in [-0.4, -0.2) is 19.7 Å². The second kappa shape index (κ2) is 6.60. The van der Waals surface area contributed by atoms with Gasteiger partial charge in [-0.3, -0.25) is 4.79 Å². The average molecular weight is 264 g/mol. The van der Waals surface area contributed by atoms with Gasteiger partial charge in [-0.2, -0.15) is 0 Å². The minimum atomic E-state index is -0.124. The first kappa shape index (κ1) is 15.5. The largest absolute Gasteiger partial charge is 0.496 e. The lowest BCUT2D eigenvalue weighted by molar-refractivity contribution is -0.143. The van der Waals surface area contributed by atoms with Crippen molar-refractivity contribution in [3.63, 3.8) is 0 Å². The van der Waals surface area contributed by atoms with Gasteiger partial charge in [-0.05, 0) is 42.9 Å². The van der Waals surface area contributed by atoms with Crippen LogP contribution in [0, 0.1) is 6.92 Å². The predicted octanol–water partition coefficient (Wildman–Crippen LogP) is 3.62. The van der Waals surface area contributed by atoms with Crippen molar-refractivity contribution >= 4 is 5.97 Å². The summed E-state index contributed by atoms with van der Waals surface area (Å²) >= 11 is 0. The molecule has 0 saturated heterocycles. The van der Waals surface area contributed by atoms with Crippen molar-refractivity contribution in [3.8, 4) is 5.75 Å². The zero-order chi connectivity index (χ0) is 14.5. The minimum absolute atomic E-state index is 0.0518. The van der Waals surface area contributed by atoms with Crippen molar-refractivity contribution in [1.29, 1.82) is 0 Å². The Bertz CT molecular complexity index is 436. The van der Waals surface area contributed by atoms with Gasteiger partial charge in [0.15, 0.2) is 0 Å². The third-order valence-electron chi connectivity index (χ3n) is 3.44. The van der Waals surface area contributed by atoms with E-state index in [2.05, 4.69) is 26.0 Å². The summed E-state index contributed by atoms with van der Waals surface area (Å²) in [6, 6.07) is 6.18. The summed E-state index contributed by atoms with van der Waals surface area (Å²) in [5, 5.41) is 0. The van der Waals surface area contributed by atoms with E-state index < -0.39 is 0 Å². The molecule has 0 spiro atoms. The summed E-state index contributed by atoms with van der Waals surface area (Å²) in [6.07, 6.45) is 1.23. The third kappa shape index (κ3) is 4.27. The molecule has 0 heterocycles. The fourth-order valence-electron chi connectivity index (χ4n) is 2.09. The van der Waals surface area contributed by atoms with E-state index in [1.54, 1.807) is 7.11 Å². The molecular weight excluding hydrogens is 240 g/mol. The second-order valence-corrected chi connectivity index (χ2v) is 5.37. The summed E-state index contributed by atoms with van der Waals surface area (Å²) in [7, 11) is 1.67. The Balaban J connectivity index is 2.76. The van der Waals surface area contributed by atoms with Crippen LogP contribution in [0.25, 0.3) is 0 Å². The fourth-order valence-corrected chi connectivity index (χ4v) is 2.09. The van der Waals surface area contributed by atoms with Crippen LogP contribution in [0.2, 0.25) is 0 Å². The van der Waals surface area contributed by atoms with E-state index in [9.17, 15) is 4.79 Å². The summed E-state index contributed by atoms with van der Waals surface area (Å²) in [6.45, 7) is 8.60. The highest BCUT2D eigenvalue weighted by Gasteiger charge is 2.22. The van der Waals surface area contributed by atoms with Crippen molar-refractivity contribution in [2.75, 3.05) is 13.7 Å². The maximum absolute atomic E-state index is 11.4. The number of hydrogen-bond donors (Lipinski definition) is 0. The number of carbonyl (C=O) groups excluding carboxylic acids is 1. The Kier molecular flexibility index (Phi) is 5.40. The lowest BCUT2D eigenvalue weighted by Gasteiger charge is -2.25. The number of aryl methyl sites for hydroxylation is 1. The highest BCUT2D eigenvalue weighted by molar-refractivity contribution is 5.69. The molecule has 3 heteroatoms. The topological polar surface area (TPSA) is 35.5 Å². The molecule has 1 aromatic carbocycles. The Morgan fingerprint density at radius 1 is 1.32 bits per heavy atom. The van der Waals surface area contributed by atoms with Crippen LogP contribution < -0.4 is 4.74 Å². The van der Waals surface area contributed by atoms with Crippen molar-refractivity contribution in [1.82, 2.24) is 0 Å². The predicted molar refractivity (Wildman–Crippen MR) is 76.6 cm³/mol. The number of rotatable bonds is 6. The van der Waals surface area contributed by atoms with Crippen LogP contribution in [0.1, 0.15) is 44.7 Å². The van der Waals surface area contributed by atoms with Gasteiger partial charge in [0.25, 0.3) is 0 Å². The van der Waals surface area contributed by atoms with Crippen molar-refractivity contribution in [2.45, 2.75) is 46.0 Å². The fraction of sp³-hybridized carbons (Fsp3) is 0.562. The quantitative estimate of drug-likeness (QED) is 0.736. The number of hydrogen-bond acceptors (Lipinski definition) is 3. The van der Waals surface area contributed by atoms with Gasteiger partial charge >= 0.3 is 5.97 Å². The van der Waals surface area contributed by atoms with Gasteiger partial charge in [0.2, 0.25) is 0 Å². The van der Waals surface area contributed by atoms with Crippen molar-refractivity contribution < 1.29 is 14.3 Å². The number of methoxy groups -OCH3 is 1. The van der Waals surface area contributed by atoms with Crippen molar-refractivity contribution in [2.24, 2.45) is 0 Å². The number of ether oxygens (including phenoxy) is 2. The van der Waals surface area contributed by atoms with Crippen LogP contribution >= 0.6 is 0 Å². The highest BCUT2D eigenvalue weighted by Crippen LogP contribution is 2.31. The number of esters is 1. The monoisotopic (exact) mass is 264 g/mol. The van der Waals surface area contributed by atoms with E-state index in [0.717, 1.165) is 17.7 Å². The van der Waals surface area contributed by atoms with Gasteiger partial charge in [-0.1, -0.05) is 26.0 Å². The molecule has 0 amide bonds. The molecule has 0 aromatic heterocycles. The number of carbonyl (C=O) groups is 1. The van der Waals surface area contributed by atoms with E-state index in [4.69, 9.17) is 9.47 Å². The van der Waals surface area contributed by atoms with E-state index in [1.807, 2.05) is 19.9 Å². The SMILES string of the molecule is CCOC(=O)CCC(C)(C)c1ccc(OC)c(C)c1. The van der Waals surface area contributed by atoms with Gasteiger partial charge in [0.1, 0.15) is 5.75 Å². The first-order valence-electron chi connectivity index (χ1n) is 6.71. The standard InChI is InChI=1S/C16H24O3/c1-6-19-15(17)9-10-16(3,4)13-7-8-14(18-5)12(2)11-13/h7-8,11H,6,9-10H2,1-5H3. The van der Waals surface area contributed by atoms with E-state index in [-0.39, 0.29) is 11.4 Å². The maximum Gasteiger partial charge on any atom is 0.305 e. The zero-order valence-corrected chi connectivity index (χ0v) is 12.6. The first-order chi connectivity index (χ1) is 8.90. The lowest BCUT2D eigenvalue weighted by Crippen LogP contribution is -2.19. The lowest BCUT2D eigenvalue weighted by atomic mass is 9.80. The van der Waals surface area contributed by atoms with Gasteiger partial charge in [0.05, 0.1) is 13.7 Å². The molecule has 0 N–H and O–H groups in total. The molecule has 0 unspecified atom stereocenters. The molecule has 0 aliphatic rings. The average Bonchev–Trinajstić information content (AvgIpc) is 2.37. The normalized spacial score (nSPS) is 11.2. The molecule has 0 aliphatic carbocycles. The highest BCUT2D eigenvalue weighted by atomic mass is 16.5. The number of benzene rings is 1. The van der Waals surface area contributed by atoms with E-state index >= 15 is 0 Å². The maximum atomic E-state index is 11.4. The van der Waals surface area contributed by atoms with Crippen LogP contribution in [-0.2, 0) is 14.9 Å². The van der Waals surface area contributed by atoms with Crippen LogP contribution in [0.15, 0.2) is 18.2 Å². The van der Waals surface area contributed by atoms with E-state index in [1.165, 1.54) is 5.56 Å². The molecule has 1 aromatic rings. The first-order valence-corrected chi connectivity index (χ1v) is 6.71. The minimum Gasteiger partial charge on any atom is -0.496 e. The van der Waals surface area contributed by atoms with Crippen LogP contribution in [0.4, 0.5) is 0 Å².